The van der Waals surface area contributed by atoms with E-state index in [1.54, 1.807) is 16.8 Å². The van der Waals surface area contributed by atoms with E-state index in [9.17, 15) is 4.79 Å². The maximum atomic E-state index is 12.2. The van der Waals surface area contributed by atoms with Crippen LogP contribution in [0, 0.1) is 0 Å². The topological polar surface area (TPSA) is 97.2 Å². The second kappa shape index (κ2) is 10.0. The van der Waals surface area contributed by atoms with Gasteiger partial charge < -0.3 is 20.3 Å². The Bertz CT molecular complexity index is 959. The molecule has 162 valence electrons. The van der Waals surface area contributed by atoms with E-state index in [2.05, 4.69) is 38.0 Å². The van der Waals surface area contributed by atoms with Crippen molar-refractivity contribution in [2.24, 2.45) is 0 Å². The van der Waals surface area contributed by atoms with Gasteiger partial charge in [0.1, 0.15) is 12.1 Å². The fourth-order valence-corrected chi connectivity index (χ4v) is 3.67. The molecule has 0 spiro atoms. The Hall–Kier alpha value is -3.46. The molecule has 1 unspecified atom stereocenters. The van der Waals surface area contributed by atoms with Gasteiger partial charge >= 0.3 is 0 Å². The Morgan fingerprint density at radius 2 is 1.90 bits per heavy atom. The van der Waals surface area contributed by atoms with Crippen molar-refractivity contribution in [2.45, 2.75) is 25.8 Å². The second-order valence-corrected chi connectivity index (χ2v) is 7.54. The predicted octanol–water partition coefficient (Wildman–Crippen LogP) is 2.58. The third-order valence-electron chi connectivity index (χ3n) is 5.31. The molecule has 0 aliphatic carbocycles. The number of carbonyl (C=O) groups excluding carboxylic acids is 1. The standard InChI is InChI=1S/C22H27N7O2/c1-2-28-13-3-4-19(14-28)24-17-5-7-18(8-6-17)25-22(30)15-31-21-11-9-20(10-12-21)29-16-23-26-27-29/h5-12,16,19,24H,2-4,13-15H2,1H3,(H,25,30). The van der Waals surface area contributed by atoms with Gasteiger partial charge in [0.05, 0.1) is 5.69 Å². The third kappa shape index (κ3) is 5.79. The number of piperidine rings is 1. The number of hydrogen-bond acceptors (Lipinski definition) is 7. The number of rotatable bonds is 8. The van der Waals surface area contributed by atoms with Crippen LogP contribution in [0.25, 0.3) is 5.69 Å². The number of aromatic nitrogens is 4. The lowest BCUT2D eigenvalue weighted by Gasteiger charge is -2.32. The monoisotopic (exact) mass is 421 g/mol. The molecule has 1 amide bonds. The molecule has 9 nitrogen and oxygen atoms in total. The molecule has 1 atom stereocenters. The zero-order valence-electron chi connectivity index (χ0n) is 17.6. The molecule has 9 heteroatoms. The zero-order valence-corrected chi connectivity index (χ0v) is 17.6. The summed E-state index contributed by atoms with van der Waals surface area (Å²) < 4.78 is 7.11. The number of benzene rings is 2. The highest BCUT2D eigenvalue weighted by molar-refractivity contribution is 5.92. The first-order valence-electron chi connectivity index (χ1n) is 10.5. The fraction of sp³-hybridized carbons (Fsp3) is 0.364. The molecule has 2 heterocycles. The molecule has 1 aliphatic heterocycles. The molecule has 31 heavy (non-hydrogen) atoms. The molecular weight excluding hydrogens is 394 g/mol. The maximum Gasteiger partial charge on any atom is 0.262 e. The highest BCUT2D eigenvalue weighted by Crippen LogP contribution is 2.19. The normalized spacial score (nSPS) is 16.6. The van der Waals surface area contributed by atoms with Crippen molar-refractivity contribution in [2.75, 3.05) is 36.9 Å². The number of likely N-dealkylation sites (tertiary alicyclic amines) is 1. The number of nitrogens with zero attached hydrogens (tertiary/aromatic N) is 5. The molecule has 2 N–H and O–H groups in total. The summed E-state index contributed by atoms with van der Waals surface area (Å²) in [4.78, 5) is 14.7. The van der Waals surface area contributed by atoms with Gasteiger partial charge in [0.15, 0.2) is 6.61 Å². The number of amides is 1. The minimum atomic E-state index is -0.212. The first-order valence-corrected chi connectivity index (χ1v) is 10.5. The Morgan fingerprint density at radius 3 is 2.61 bits per heavy atom. The number of tetrazole rings is 1. The van der Waals surface area contributed by atoms with E-state index < -0.39 is 0 Å². The van der Waals surface area contributed by atoms with Crippen molar-refractivity contribution in [1.29, 1.82) is 0 Å². The van der Waals surface area contributed by atoms with E-state index >= 15 is 0 Å². The largest absolute Gasteiger partial charge is 0.484 e. The van der Waals surface area contributed by atoms with Crippen LogP contribution in [-0.2, 0) is 4.79 Å². The number of hydrogen-bond donors (Lipinski definition) is 2. The van der Waals surface area contributed by atoms with Crippen LogP contribution in [0.15, 0.2) is 54.9 Å². The van der Waals surface area contributed by atoms with Gasteiger partial charge in [-0.25, -0.2) is 4.68 Å². The Kier molecular flexibility index (Phi) is 6.73. The average molecular weight is 422 g/mol. The van der Waals surface area contributed by atoms with Gasteiger partial charge in [-0.2, -0.15) is 0 Å². The highest BCUT2D eigenvalue weighted by Gasteiger charge is 2.18. The molecule has 4 rings (SSSR count). The summed E-state index contributed by atoms with van der Waals surface area (Å²) in [7, 11) is 0. The number of nitrogens with one attached hydrogen (secondary N) is 2. The number of carbonyl (C=O) groups is 1. The molecule has 1 aliphatic rings. The first-order chi connectivity index (χ1) is 15.2. The van der Waals surface area contributed by atoms with Crippen molar-refractivity contribution in [3.63, 3.8) is 0 Å². The van der Waals surface area contributed by atoms with E-state index in [1.807, 2.05) is 36.4 Å². The number of likely N-dealkylation sites (N-methyl/N-ethyl adjacent to an activating group) is 1. The fourth-order valence-electron chi connectivity index (χ4n) is 3.67. The van der Waals surface area contributed by atoms with E-state index in [0.29, 0.717) is 11.8 Å². The van der Waals surface area contributed by atoms with Crippen molar-refractivity contribution in [3.8, 4) is 11.4 Å². The smallest absolute Gasteiger partial charge is 0.262 e. The van der Waals surface area contributed by atoms with Crippen LogP contribution in [0.3, 0.4) is 0 Å². The molecule has 2 aromatic carbocycles. The van der Waals surface area contributed by atoms with Gasteiger partial charge in [-0.3, -0.25) is 4.79 Å². The van der Waals surface area contributed by atoms with Crippen molar-refractivity contribution in [3.05, 3.63) is 54.9 Å². The summed E-state index contributed by atoms with van der Waals surface area (Å²) in [6.45, 7) is 5.48. The minimum absolute atomic E-state index is 0.0703. The molecule has 0 radical (unpaired) electrons. The van der Waals surface area contributed by atoms with Gasteiger partial charge in [0.25, 0.3) is 5.91 Å². The SMILES string of the molecule is CCN1CCCC(Nc2ccc(NC(=O)COc3ccc(-n4cnnn4)cc3)cc2)C1. The predicted molar refractivity (Wildman–Crippen MR) is 118 cm³/mol. The highest BCUT2D eigenvalue weighted by atomic mass is 16.5. The molecular formula is C22H27N7O2. The van der Waals surface area contributed by atoms with Crippen LogP contribution in [-0.4, -0.2) is 63.3 Å². The van der Waals surface area contributed by atoms with Gasteiger partial charge in [-0.05, 0) is 84.9 Å². The zero-order chi connectivity index (χ0) is 21.5. The van der Waals surface area contributed by atoms with E-state index in [-0.39, 0.29) is 12.5 Å². The van der Waals surface area contributed by atoms with Crippen LogP contribution in [0.4, 0.5) is 11.4 Å². The minimum Gasteiger partial charge on any atom is -0.484 e. The van der Waals surface area contributed by atoms with E-state index in [1.165, 1.54) is 25.7 Å². The second-order valence-electron chi connectivity index (χ2n) is 7.54. The molecule has 1 saturated heterocycles. The first kappa shape index (κ1) is 20.8. The van der Waals surface area contributed by atoms with Gasteiger partial charge in [-0.15, -0.1) is 5.10 Å². The van der Waals surface area contributed by atoms with Crippen LogP contribution in [0.1, 0.15) is 19.8 Å². The van der Waals surface area contributed by atoms with Crippen LogP contribution in [0.2, 0.25) is 0 Å². The van der Waals surface area contributed by atoms with Crippen molar-refractivity contribution < 1.29 is 9.53 Å². The van der Waals surface area contributed by atoms with Crippen LogP contribution >= 0.6 is 0 Å². The Labute approximate surface area is 181 Å². The number of ether oxygens (including phenoxy) is 1. The summed E-state index contributed by atoms with van der Waals surface area (Å²) in [5, 5.41) is 17.5. The molecule has 1 aromatic heterocycles. The summed E-state index contributed by atoms with van der Waals surface area (Å²) in [5.74, 6) is 0.385. The van der Waals surface area contributed by atoms with Gasteiger partial charge in [0.2, 0.25) is 0 Å². The van der Waals surface area contributed by atoms with Crippen LogP contribution < -0.4 is 15.4 Å². The van der Waals surface area contributed by atoms with Gasteiger partial charge in [0, 0.05) is 24.0 Å². The van der Waals surface area contributed by atoms with E-state index in [0.717, 1.165) is 30.2 Å². The summed E-state index contributed by atoms with van der Waals surface area (Å²) >= 11 is 0. The maximum absolute atomic E-state index is 12.2. The number of anilines is 2. The third-order valence-corrected chi connectivity index (χ3v) is 5.31. The molecule has 0 saturated carbocycles. The molecule has 0 bridgehead atoms. The molecule has 1 fully saturated rings. The summed E-state index contributed by atoms with van der Waals surface area (Å²) in [6, 6.07) is 15.5. The van der Waals surface area contributed by atoms with Crippen LogP contribution in [0.5, 0.6) is 5.75 Å². The van der Waals surface area contributed by atoms with Gasteiger partial charge in [-0.1, -0.05) is 6.92 Å². The van der Waals surface area contributed by atoms with E-state index in [4.69, 9.17) is 4.74 Å². The lowest BCUT2D eigenvalue weighted by atomic mass is 10.1. The quantitative estimate of drug-likeness (QED) is 0.577. The summed E-state index contributed by atoms with van der Waals surface area (Å²) in [6.07, 6.45) is 3.92. The average Bonchev–Trinajstić information content (AvgIpc) is 3.35. The van der Waals surface area contributed by atoms with Crippen molar-refractivity contribution in [1.82, 2.24) is 25.1 Å². The summed E-state index contributed by atoms with van der Waals surface area (Å²) in [5.41, 5.74) is 2.62. The molecule has 3 aromatic rings. The Morgan fingerprint density at radius 1 is 1.13 bits per heavy atom. The lowest BCUT2D eigenvalue weighted by molar-refractivity contribution is -0.118. The van der Waals surface area contributed by atoms with Crippen molar-refractivity contribution >= 4 is 17.3 Å². The lowest BCUT2D eigenvalue weighted by Crippen LogP contribution is -2.41. The Balaban J connectivity index is 1.23.